The second kappa shape index (κ2) is 4.76. The normalized spacial score (nSPS) is 9.83. The minimum Gasteiger partial charge on any atom is -0.351 e. The van der Waals surface area contributed by atoms with Gasteiger partial charge in [0.25, 0.3) is 5.91 Å². The maximum atomic E-state index is 11.3. The van der Waals surface area contributed by atoms with Gasteiger partial charge in [-0.25, -0.2) is 4.98 Å². The molecule has 0 saturated carbocycles. The lowest BCUT2D eigenvalue weighted by molar-refractivity contribution is 0.0960. The third-order valence-corrected chi connectivity index (χ3v) is 2.68. The fourth-order valence-corrected chi connectivity index (χ4v) is 1.68. The lowest BCUT2D eigenvalue weighted by Crippen LogP contribution is -2.24. The Morgan fingerprint density at radius 3 is 3.08 bits per heavy atom. The number of carbonyl (C=O) groups is 1. The Kier molecular flexibility index (Phi) is 3.93. The Morgan fingerprint density at radius 2 is 2.58 bits per heavy atom. The first-order chi connectivity index (χ1) is 5.74. The van der Waals surface area contributed by atoms with Crippen molar-refractivity contribution in [1.29, 1.82) is 0 Å². The third-order valence-electron chi connectivity index (χ3n) is 1.23. The van der Waals surface area contributed by atoms with Gasteiger partial charge in [-0.3, -0.25) is 4.79 Å². The van der Waals surface area contributed by atoms with E-state index in [9.17, 15) is 4.79 Å². The van der Waals surface area contributed by atoms with Gasteiger partial charge < -0.3 is 5.32 Å². The first-order valence-corrected chi connectivity index (χ1v) is 5.85. The molecular formula is C7H9IN2OS. The Labute approximate surface area is 88.7 Å². The molecule has 0 fully saturated rings. The molecule has 1 aromatic heterocycles. The number of hydrogen-bond donors (Lipinski definition) is 1. The molecular weight excluding hydrogens is 287 g/mol. The minimum atomic E-state index is -0.0164. The van der Waals surface area contributed by atoms with Gasteiger partial charge in [-0.1, -0.05) is 22.6 Å². The van der Waals surface area contributed by atoms with Gasteiger partial charge in [-0.15, -0.1) is 11.3 Å². The zero-order valence-corrected chi connectivity index (χ0v) is 9.61. The summed E-state index contributed by atoms with van der Waals surface area (Å²) in [5.74, 6) is -0.0164. The molecule has 1 N–H and O–H groups in total. The first kappa shape index (κ1) is 9.91. The summed E-state index contributed by atoms with van der Waals surface area (Å²) in [7, 11) is 0. The van der Waals surface area contributed by atoms with Gasteiger partial charge in [0, 0.05) is 11.0 Å². The van der Waals surface area contributed by atoms with Crippen molar-refractivity contribution in [3.8, 4) is 0 Å². The fourth-order valence-electron chi connectivity index (χ4n) is 0.714. The molecule has 0 saturated heterocycles. The third kappa shape index (κ3) is 2.71. The second-order valence-electron chi connectivity index (χ2n) is 2.19. The predicted molar refractivity (Wildman–Crippen MR) is 58.1 cm³/mol. The van der Waals surface area contributed by atoms with E-state index < -0.39 is 0 Å². The van der Waals surface area contributed by atoms with E-state index in [1.165, 1.54) is 11.3 Å². The van der Waals surface area contributed by atoms with Crippen LogP contribution in [0.3, 0.4) is 0 Å². The number of rotatable bonds is 3. The molecule has 3 nitrogen and oxygen atoms in total. The Morgan fingerprint density at radius 1 is 1.83 bits per heavy atom. The summed E-state index contributed by atoms with van der Waals surface area (Å²) < 4.78 is 0.932. The van der Waals surface area contributed by atoms with Crippen LogP contribution in [-0.2, 0) is 0 Å². The second-order valence-corrected chi connectivity index (χ2v) is 4.50. The molecule has 66 valence electrons. The van der Waals surface area contributed by atoms with Crippen LogP contribution in [0, 0.1) is 6.92 Å². The molecule has 1 rings (SSSR count). The molecule has 0 radical (unpaired) electrons. The van der Waals surface area contributed by atoms with Gasteiger partial charge in [0.05, 0.1) is 11.2 Å². The molecule has 12 heavy (non-hydrogen) atoms. The fraction of sp³-hybridized carbons (Fsp3) is 0.429. The lowest BCUT2D eigenvalue weighted by Gasteiger charge is -1.97. The maximum Gasteiger partial charge on any atom is 0.263 e. The van der Waals surface area contributed by atoms with E-state index in [1.54, 1.807) is 6.20 Å². The van der Waals surface area contributed by atoms with Crippen molar-refractivity contribution in [3.05, 3.63) is 16.1 Å². The molecule has 0 atom stereocenters. The molecule has 0 aliphatic carbocycles. The summed E-state index contributed by atoms with van der Waals surface area (Å²) in [5.41, 5.74) is 0. The zero-order chi connectivity index (χ0) is 8.97. The van der Waals surface area contributed by atoms with E-state index in [0.717, 1.165) is 16.0 Å². The molecule has 0 aromatic carbocycles. The van der Waals surface area contributed by atoms with E-state index >= 15 is 0 Å². The highest BCUT2D eigenvalue weighted by Crippen LogP contribution is 2.10. The van der Waals surface area contributed by atoms with Gasteiger partial charge in [0.15, 0.2) is 0 Å². The highest BCUT2D eigenvalue weighted by atomic mass is 127. The number of thiazole rings is 1. The molecule has 1 amide bonds. The van der Waals surface area contributed by atoms with Crippen molar-refractivity contribution in [2.24, 2.45) is 0 Å². The van der Waals surface area contributed by atoms with Crippen LogP contribution in [0.25, 0.3) is 0 Å². The lowest BCUT2D eigenvalue weighted by atomic mass is 10.5. The molecule has 0 bridgehead atoms. The van der Waals surface area contributed by atoms with Crippen LogP contribution in [0.1, 0.15) is 14.7 Å². The monoisotopic (exact) mass is 296 g/mol. The number of carbonyl (C=O) groups excluding carboxylic acids is 1. The summed E-state index contributed by atoms with van der Waals surface area (Å²) in [4.78, 5) is 16.0. The van der Waals surface area contributed by atoms with E-state index in [0.29, 0.717) is 4.88 Å². The Hall–Kier alpha value is -0.170. The average molecular weight is 296 g/mol. The molecule has 0 spiro atoms. The van der Waals surface area contributed by atoms with Crippen molar-refractivity contribution in [2.75, 3.05) is 11.0 Å². The van der Waals surface area contributed by atoms with Gasteiger partial charge in [0.2, 0.25) is 0 Å². The van der Waals surface area contributed by atoms with Crippen LogP contribution >= 0.6 is 33.9 Å². The number of halogens is 1. The van der Waals surface area contributed by atoms with Crippen molar-refractivity contribution in [2.45, 2.75) is 6.92 Å². The van der Waals surface area contributed by atoms with Gasteiger partial charge in [-0.2, -0.15) is 0 Å². The van der Waals surface area contributed by atoms with Gasteiger partial charge in [-0.05, 0) is 6.92 Å². The average Bonchev–Trinajstić information content (AvgIpc) is 2.47. The topological polar surface area (TPSA) is 42.0 Å². The van der Waals surface area contributed by atoms with Gasteiger partial charge >= 0.3 is 0 Å². The van der Waals surface area contributed by atoms with E-state index in [1.807, 2.05) is 6.92 Å². The molecule has 1 aromatic rings. The molecule has 0 aliphatic rings. The molecule has 1 heterocycles. The van der Waals surface area contributed by atoms with Crippen LogP contribution in [0.4, 0.5) is 0 Å². The minimum absolute atomic E-state index is 0.0164. The van der Waals surface area contributed by atoms with E-state index in [2.05, 4.69) is 32.9 Å². The van der Waals surface area contributed by atoms with Crippen molar-refractivity contribution in [1.82, 2.24) is 10.3 Å². The summed E-state index contributed by atoms with van der Waals surface area (Å²) in [6.45, 7) is 2.61. The van der Waals surface area contributed by atoms with Crippen LogP contribution in [0.5, 0.6) is 0 Å². The van der Waals surface area contributed by atoms with Crippen LogP contribution in [-0.4, -0.2) is 21.9 Å². The number of aryl methyl sites for hydroxylation is 1. The quantitative estimate of drug-likeness (QED) is 0.680. The highest BCUT2D eigenvalue weighted by Gasteiger charge is 2.06. The summed E-state index contributed by atoms with van der Waals surface area (Å²) in [5, 5.41) is 3.71. The molecule has 5 heteroatoms. The number of amides is 1. The van der Waals surface area contributed by atoms with Crippen molar-refractivity contribution < 1.29 is 4.79 Å². The Balaban J connectivity index is 2.53. The summed E-state index contributed by atoms with van der Waals surface area (Å²) in [6, 6.07) is 0. The maximum absolute atomic E-state index is 11.3. The van der Waals surface area contributed by atoms with E-state index in [4.69, 9.17) is 0 Å². The first-order valence-electron chi connectivity index (χ1n) is 3.50. The van der Waals surface area contributed by atoms with Crippen LogP contribution in [0.15, 0.2) is 6.20 Å². The van der Waals surface area contributed by atoms with Crippen LogP contribution < -0.4 is 5.32 Å². The highest BCUT2D eigenvalue weighted by molar-refractivity contribution is 14.1. The van der Waals surface area contributed by atoms with E-state index in [-0.39, 0.29) is 5.91 Å². The molecule has 0 unspecified atom stereocenters. The number of alkyl halides is 1. The summed E-state index contributed by atoms with van der Waals surface area (Å²) >= 11 is 3.64. The SMILES string of the molecule is Cc1ncc(C(=O)NCCI)s1. The molecule has 0 aliphatic heterocycles. The number of aromatic nitrogens is 1. The standard InChI is InChI=1S/C7H9IN2OS/c1-5-10-4-6(12-5)7(11)9-3-2-8/h4H,2-3H2,1H3,(H,9,11). The Bertz CT molecular complexity index is 274. The predicted octanol–water partition coefficient (Wildman–Crippen LogP) is 1.62. The van der Waals surface area contributed by atoms with Crippen molar-refractivity contribution >= 4 is 39.8 Å². The zero-order valence-electron chi connectivity index (χ0n) is 6.63. The number of nitrogens with zero attached hydrogens (tertiary/aromatic N) is 1. The van der Waals surface area contributed by atoms with Crippen molar-refractivity contribution in [3.63, 3.8) is 0 Å². The number of hydrogen-bond acceptors (Lipinski definition) is 3. The largest absolute Gasteiger partial charge is 0.351 e. The van der Waals surface area contributed by atoms with Crippen LogP contribution in [0.2, 0.25) is 0 Å². The smallest absolute Gasteiger partial charge is 0.263 e. The number of nitrogens with one attached hydrogen (secondary N) is 1. The summed E-state index contributed by atoms with van der Waals surface area (Å²) in [6.07, 6.45) is 1.61. The van der Waals surface area contributed by atoms with Gasteiger partial charge in [0.1, 0.15) is 4.88 Å².